The average molecular weight is 479 g/mol. The van der Waals surface area contributed by atoms with Gasteiger partial charge in [0.05, 0.1) is 16.5 Å². The number of non-ortho nitro benzene ring substituents is 1. The van der Waals surface area contributed by atoms with Crippen molar-refractivity contribution in [3.8, 4) is 0 Å². The third-order valence-corrected chi connectivity index (χ3v) is 5.47. The molecule has 4 rings (SSSR count). The number of carbonyl (C=O) groups excluding carboxylic acids is 2. The zero-order valence-electron chi connectivity index (χ0n) is 15.9. The number of ketones is 1. The lowest BCUT2D eigenvalue weighted by Gasteiger charge is -2.25. The van der Waals surface area contributed by atoms with Gasteiger partial charge in [-0.3, -0.25) is 24.6 Å². The van der Waals surface area contributed by atoms with Gasteiger partial charge in [0, 0.05) is 27.9 Å². The van der Waals surface area contributed by atoms with E-state index in [0.29, 0.717) is 21.3 Å². The molecule has 7 nitrogen and oxygen atoms in total. The quantitative estimate of drug-likeness (QED) is 0.187. The minimum absolute atomic E-state index is 0.128. The molecule has 0 spiro atoms. The van der Waals surface area contributed by atoms with Gasteiger partial charge in [-0.2, -0.15) is 0 Å². The molecule has 31 heavy (non-hydrogen) atoms. The summed E-state index contributed by atoms with van der Waals surface area (Å²) in [6.45, 7) is 0. The molecule has 1 fully saturated rings. The van der Waals surface area contributed by atoms with Crippen molar-refractivity contribution in [1.29, 1.82) is 0 Å². The van der Waals surface area contributed by atoms with Crippen molar-refractivity contribution < 1.29 is 19.6 Å². The summed E-state index contributed by atoms with van der Waals surface area (Å²) in [5, 5.41) is 22.3. The monoisotopic (exact) mass is 478 g/mol. The Hall–Kier alpha value is -3.78. The number of hydrogen-bond donors (Lipinski definition) is 1. The maximum Gasteiger partial charge on any atom is 0.300 e. The Labute approximate surface area is 185 Å². The molecule has 0 aromatic heterocycles. The van der Waals surface area contributed by atoms with Crippen LogP contribution < -0.4 is 4.90 Å². The number of Topliss-reactive ketones (excluding diaryl/α,β-unsaturated/α-hetero) is 1. The van der Waals surface area contributed by atoms with E-state index in [1.807, 2.05) is 0 Å². The number of nitro groups is 1. The molecular formula is C23H15BrN2O5. The van der Waals surface area contributed by atoms with Gasteiger partial charge in [0.15, 0.2) is 0 Å². The average Bonchev–Trinajstić information content (AvgIpc) is 3.04. The highest BCUT2D eigenvalue weighted by Crippen LogP contribution is 2.43. The smallest absolute Gasteiger partial charge is 0.300 e. The van der Waals surface area contributed by atoms with E-state index in [-0.39, 0.29) is 17.0 Å². The molecule has 3 aromatic rings. The minimum atomic E-state index is -1.03. The van der Waals surface area contributed by atoms with Crippen molar-refractivity contribution in [2.24, 2.45) is 0 Å². The molecule has 0 aliphatic carbocycles. The molecule has 0 radical (unpaired) electrons. The highest BCUT2D eigenvalue weighted by molar-refractivity contribution is 9.10. The zero-order chi connectivity index (χ0) is 22.1. The van der Waals surface area contributed by atoms with Gasteiger partial charge in [-0.1, -0.05) is 64.5 Å². The topological polar surface area (TPSA) is 101 Å². The van der Waals surface area contributed by atoms with Crippen LogP contribution in [0.4, 0.5) is 11.4 Å². The Morgan fingerprint density at radius 3 is 2.35 bits per heavy atom. The van der Waals surface area contributed by atoms with Crippen molar-refractivity contribution >= 4 is 44.8 Å². The number of hydrogen-bond acceptors (Lipinski definition) is 5. The molecule has 1 atom stereocenters. The fourth-order valence-electron chi connectivity index (χ4n) is 3.60. The maximum absolute atomic E-state index is 13.0. The Bertz CT molecular complexity index is 1240. The molecule has 154 valence electrons. The third kappa shape index (κ3) is 3.73. The number of benzene rings is 3. The van der Waals surface area contributed by atoms with Crippen molar-refractivity contribution in [3.63, 3.8) is 0 Å². The van der Waals surface area contributed by atoms with Crippen LogP contribution in [0, 0.1) is 10.1 Å². The predicted molar refractivity (Wildman–Crippen MR) is 118 cm³/mol. The summed E-state index contributed by atoms with van der Waals surface area (Å²) in [5.41, 5.74) is 0.810. The summed E-state index contributed by atoms with van der Waals surface area (Å²) in [6.07, 6.45) is 0. The summed E-state index contributed by atoms with van der Waals surface area (Å²) in [4.78, 5) is 38.1. The lowest BCUT2D eigenvalue weighted by atomic mass is 9.95. The van der Waals surface area contributed by atoms with E-state index in [4.69, 9.17) is 0 Å². The van der Waals surface area contributed by atoms with Crippen molar-refractivity contribution in [2.75, 3.05) is 4.90 Å². The summed E-state index contributed by atoms with van der Waals surface area (Å²) in [5.74, 6) is -2.03. The second-order valence-electron chi connectivity index (χ2n) is 6.87. The first-order valence-electron chi connectivity index (χ1n) is 9.25. The van der Waals surface area contributed by atoms with E-state index in [2.05, 4.69) is 15.9 Å². The molecule has 0 saturated carbocycles. The van der Waals surface area contributed by atoms with E-state index in [1.165, 1.54) is 23.1 Å². The van der Waals surface area contributed by atoms with Crippen LogP contribution in [-0.4, -0.2) is 21.7 Å². The first kappa shape index (κ1) is 20.5. The zero-order valence-corrected chi connectivity index (χ0v) is 17.5. The first-order chi connectivity index (χ1) is 14.9. The number of aliphatic hydroxyl groups excluding tert-OH is 1. The molecule has 1 aliphatic rings. The number of nitrogens with zero attached hydrogens (tertiary/aromatic N) is 2. The van der Waals surface area contributed by atoms with Crippen molar-refractivity contribution in [2.45, 2.75) is 6.04 Å². The molecule has 1 aliphatic heterocycles. The number of halogens is 1. The first-order valence-corrected chi connectivity index (χ1v) is 10.0. The van der Waals surface area contributed by atoms with Crippen LogP contribution in [0.5, 0.6) is 0 Å². The Balaban J connectivity index is 1.98. The van der Waals surface area contributed by atoms with Gasteiger partial charge >= 0.3 is 0 Å². The van der Waals surface area contributed by atoms with Crippen LogP contribution in [-0.2, 0) is 9.59 Å². The largest absolute Gasteiger partial charge is 0.507 e. The van der Waals surface area contributed by atoms with Gasteiger partial charge in [0.1, 0.15) is 5.76 Å². The fourth-order valence-corrected chi connectivity index (χ4v) is 3.99. The van der Waals surface area contributed by atoms with Gasteiger partial charge in [-0.05, 0) is 23.8 Å². The van der Waals surface area contributed by atoms with Crippen LogP contribution in [0.2, 0.25) is 0 Å². The number of aliphatic hydroxyl groups is 1. The van der Waals surface area contributed by atoms with Gasteiger partial charge < -0.3 is 5.11 Å². The molecule has 1 N–H and O–H groups in total. The van der Waals surface area contributed by atoms with Gasteiger partial charge in [-0.15, -0.1) is 0 Å². The van der Waals surface area contributed by atoms with Crippen LogP contribution in [0.15, 0.2) is 88.9 Å². The molecule has 8 heteroatoms. The molecule has 0 unspecified atom stereocenters. The Kier molecular flexibility index (Phi) is 5.39. The van der Waals surface area contributed by atoms with E-state index in [9.17, 15) is 24.8 Å². The lowest BCUT2D eigenvalue weighted by molar-refractivity contribution is -0.384. The van der Waals surface area contributed by atoms with E-state index in [1.54, 1.807) is 60.7 Å². The number of rotatable bonds is 4. The minimum Gasteiger partial charge on any atom is -0.507 e. The van der Waals surface area contributed by atoms with Crippen LogP contribution in [0.25, 0.3) is 5.76 Å². The molecule has 0 bridgehead atoms. The standard InChI is InChI=1S/C23H15BrN2O5/c24-16-9-5-10-17(13-16)25-20(15-8-4-11-18(12-15)26(30)31)19(22(28)23(25)29)21(27)14-6-2-1-3-7-14/h1-13,20,27H/b21-19+/t20-/m0/s1. The van der Waals surface area contributed by atoms with Crippen LogP contribution in [0.3, 0.4) is 0 Å². The lowest BCUT2D eigenvalue weighted by Crippen LogP contribution is -2.29. The molecule has 1 amide bonds. The number of nitro benzene ring substituents is 1. The van der Waals surface area contributed by atoms with Crippen LogP contribution in [0.1, 0.15) is 17.2 Å². The highest BCUT2D eigenvalue weighted by atomic mass is 79.9. The molecular weight excluding hydrogens is 464 g/mol. The second-order valence-corrected chi connectivity index (χ2v) is 7.78. The summed E-state index contributed by atoms with van der Waals surface area (Å²) >= 11 is 3.36. The van der Waals surface area contributed by atoms with Crippen LogP contribution >= 0.6 is 15.9 Å². The van der Waals surface area contributed by atoms with E-state index in [0.717, 1.165) is 0 Å². The van der Waals surface area contributed by atoms with E-state index < -0.39 is 22.7 Å². The summed E-state index contributed by atoms with van der Waals surface area (Å²) < 4.78 is 0.688. The third-order valence-electron chi connectivity index (χ3n) is 4.97. The number of anilines is 1. The maximum atomic E-state index is 13.0. The van der Waals surface area contributed by atoms with Gasteiger partial charge in [0.2, 0.25) is 0 Å². The van der Waals surface area contributed by atoms with Crippen molar-refractivity contribution in [1.82, 2.24) is 0 Å². The Morgan fingerprint density at radius 1 is 0.968 bits per heavy atom. The summed E-state index contributed by atoms with van der Waals surface area (Å²) in [6, 6.07) is 19.9. The molecule has 1 heterocycles. The molecule has 1 saturated heterocycles. The normalized spacial score (nSPS) is 17.7. The van der Waals surface area contributed by atoms with Gasteiger partial charge in [-0.25, -0.2) is 0 Å². The summed E-state index contributed by atoms with van der Waals surface area (Å²) in [7, 11) is 0. The van der Waals surface area contributed by atoms with Gasteiger partial charge in [0.25, 0.3) is 17.4 Å². The fraction of sp³-hybridized carbons (Fsp3) is 0.0435. The van der Waals surface area contributed by atoms with Crippen molar-refractivity contribution in [3.05, 3.63) is 110 Å². The number of amides is 1. The SMILES string of the molecule is O=C1C(=O)N(c2cccc(Br)c2)[C@@H](c2cccc([N+](=O)[O-])c2)/C1=C(\O)c1ccccc1. The number of carbonyl (C=O) groups is 2. The predicted octanol–water partition coefficient (Wildman–Crippen LogP) is 4.98. The Morgan fingerprint density at radius 2 is 1.68 bits per heavy atom. The highest BCUT2D eigenvalue weighted by Gasteiger charge is 2.47. The molecule has 3 aromatic carbocycles. The van der Waals surface area contributed by atoms with E-state index >= 15 is 0 Å². The second kappa shape index (κ2) is 8.16.